The van der Waals surface area contributed by atoms with Crippen LogP contribution in [0.4, 0.5) is 11.6 Å². The molecule has 1 amide bonds. The number of benzene rings is 1. The fraction of sp³-hybridized carbons (Fsp3) is 0.500. The summed E-state index contributed by atoms with van der Waals surface area (Å²) in [5, 5.41) is 0. The number of rotatable bonds is 5. The van der Waals surface area contributed by atoms with E-state index >= 15 is 0 Å². The molecular formula is C22H29N5O2. The van der Waals surface area contributed by atoms with Gasteiger partial charge in [-0.1, -0.05) is 12.1 Å². The summed E-state index contributed by atoms with van der Waals surface area (Å²) in [5.74, 6) is 2.96. The molecular weight excluding hydrogens is 366 g/mol. The second-order valence-electron chi connectivity index (χ2n) is 7.67. The number of amides is 1. The van der Waals surface area contributed by atoms with Gasteiger partial charge < -0.3 is 19.4 Å². The van der Waals surface area contributed by atoms with Crippen LogP contribution in [0, 0.1) is 0 Å². The Balaban J connectivity index is 1.32. The third-order valence-corrected chi connectivity index (χ3v) is 5.79. The first-order valence-electron chi connectivity index (χ1n) is 10.5. The van der Waals surface area contributed by atoms with Gasteiger partial charge in [-0.3, -0.25) is 4.79 Å². The molecule has 2 aliphatic rings. The Morgan fingerprint density at radius 2 is 1.52 bits per heavy atom. The lowest BCUT2D eigenvalue weighted by Crippen LogP contribution is -2.49. The Hall–Kier alpha value is -2.83. The highest BCUT2D eigenvalue weighted by Gasteiger charge is 2.23. The molecule has 2 aromatic rings. The number of nitrogens with zero attached hydrogens (tertiary/aromatic N) is 5. The minimum absolute atomic E-state index is 0.173. The van der Waals surface area contributed by atoms with E-state index in [0.29, 0.717) is 6.42 Å². The number of hydrogen-bond donors (Lipinski definition) is 0. The minimum Gasteiger partial charge on any atom is -0.497 e. The number of carbonyl (C=O) groups excluding carboxylic acids is 1. The zero-order chi connectivity index (χ0) is 20.1. The van der Waals surface area contributed by atoms with Crippen LogP contribution in [0.25, 0.3) is 0 Å². The number of carbonyl (C=O) groups is 1. The predicted molar refractivity (Wildman–Crippen MR) is 114 cm³/mol. The molecule has 0 unspecified atom stereocenters. The predicted octanol–water partition coefficient (Wildman–Crippen LogP) is 2.37. The van der Waals surface area contributed by atoms with Crippen LogP contribution in [-0.2, 0) is 11.2 Å². The summed E-state index contributed by atoms with van der Waals surface area (Å²) >= 11 is 0. The fourth-order valence-corrected chi connectivity index (χ4v) is 4.02. The van der Waals surface area contributed by atoms with Gasteiger partial charge in [-0.05, 0) is 37.0 Å². The van der Waals surface area contributed by atoms with Crippen LogP contribution in [0.5, 0.6) is 5.75 Å². The number of ether oxygens (including phenoxy) is 1. The fourth-order valence-electron chi connectivity index (χ4n) is 4.02. The number of aromatic nitrogens is 2. The van der Waals surface area contributed by atoms with Crippen molar-refractivity contribution in [2.45, 2.75) is 25.7 Å². The Morgan fingerprint density at radius 3 is 2.14 bits per heavy atom. The number of methoxy groups -OCH3 is 1. The summed E-state index contributed by atoms with van der Waals surface area (Å²) < 4.78 is 5.18. The molecule has 4 rings (SSSR count). The minimum atomic E-state index is 0.173. The molecule has 1 aromatic carbocycles. The van der Waals surface area contributed by atoms with Crippen LogP contribution in [0.15, 0.2) is 36.7 Å². The quantitative estimate of drug-likeness (QED) is 0.775. The Kier molecular flexibility index (Phi) is 6.12. The van der Waals surface area contributed by atoms with E-state index in [2.05, 4.69) is 25.8 Å². The van der Waals surface area contributed by atoms with E-state index in [4.69, 9.17) is 4.74 Å². The van der Waals surface area contributed by atoms with Crippen LogP contribution in [0.1, 0.15) is 24.8 Å². The Morgan fingerprint density at radius 1 is 0.897 bits per heavy atom. The molecule has 154 valence electrons. The topological polar surface area (TPSA) is 61.8 Å². The van der Waals surface area contributed by atoms with Gasteiger partial charge in [-0.2, -0.15) is 0 Å². The van der Waals surface area contributed by atoms with Gasteiger partial charge in [0.15, 0.2) is 0 Å². The molecule has 2 fully saturated rings. The van der Waals surface area contributed by atoms with Crippen molar-refractivity contribution in [3.63, 3.8) is 0 Å². The summed E-state index contributed by atoms with van der Waals surface area (Å²) in [4.78, 5) is 28.2. The van der Waals surface area contributed by atoms with Crippen molar-refractivity contribution in [3.05, 3.63) is 42.2 Å². The number of anilines is 2. The maximum Gasteiger partial charge on any atom is 0.227 e. The average molecular weight is 396 g/mol. The zero-order valence-corrected chi connectivity index (χ0v) is 17.1. The van der Waals surface area contributed by atoms with Crippen molar-refractivity contribution in [2.24, 2.45) is 0 Å². The van der Waals surface area contributed by atoms with Gasteiger partial charge in [-0.25, -0.2) is 9.97 Å². The molecule has 0 radical (unpaired) electrons. The van der Waals surface area contributed by atoms with Crippen molar-refractivity contribution in [3.8, 4) is 5.75 Å². The molecule has 0 aliphatic carbocycles. The summed E-state index contributed by atoms with van der Waals surface area (Å²) in [7, 11) is 1.65. The largest absolute Gasteiger partial charge is 0.497 e. The molecule has 2 aliphatic heterocycles. The maximum absolute atomic E-state index is 12.7. The molecule has 7 heteroatoms. The average Bonchev–Trinajstić information content (AvgIpc) is 2.80. The van der Waals surface area contributed by atoms with Crippen molar-refractivity contribution < 1.29 is 9.53 Å². The highest BCUT2D eigenvalue weighted by molar-refractivity contribution is 5.79. The van der Waals surface area contributed by atoms with Crippen molar-refractivity contribution in [1.29, 1.82) is 0 Å². The lowest BCUT2D eigenvalue weighted by molar-refractivity contribution is -0.130. The first-order valence-corrected chi connectivity index (χ1v) is 10.5. The van der Waals surface area contributed by atoms with Crippen molar-refractivity contribution in [2.75, 3.05) is 56.2 Å². The molecule has 1 aromatic heterocycles. The maximum atomic E-state index is 12.7. The van der Waals surface area contributed by atoms with E-state index in [9.17, 15) is 4.79 Å². The van der Waals surface area contributed by atoms with Gasteiger partial charge in [0.1, 0.15) is 23.7 Å². The smallest absolute Gasteiger partial charge is 0.227 e. The van der Waals surface area contributed by atoms with Gasteiger partial charge in [0.05, 0.1) is 13.5 Å². The molecule has 7 nitrogen and oxygen atoms in total. The van der Waals surface area contributed by atoms with Crippen LogP contribution < -0.4 is 14.5 Å². The third-order valence-electron chi connectivity index (χ3n) is 5.79. The standard InChI is InChI=1S/C22H29N5O2/c1-29-19-7-5-18(6-8-19)15-22(28)27-13-11-26(12-14-27)21-16-20(23-17-24-21)25-9-3-2-4-10-25/h5-8,16-17H,2-4,9-15H2,1H3. The molecule has 0 saturated carbocycles. The highest BCUT2D eigenvalue weighted by atomic mass is 16.5. The van der Waals surface area contributed by atoms with Crippen LogP contribution in [-0.4, -0.2) is 67.2 Å². The third kappa shape index (κ3) is 4.78. The van der Waals surface area contributed by atoms with E-state index in [1.165, 1.54) is 19.3 Å². The summed E-state index contributed by atoms with van der Waals surface area (Å²) in [6.45, 7) is 5.18. The summed E-state index contributed by atoms with van der Waals surface area (Å²) in [6.07, 6.45) is 5.86. The number of piperazine rings is 1. The lowest BCUT2D eigenvalue weighted by atomic mass is 10.1. The van der Waals surface area contributed by atoms with Crippen molar-refractivity contribution in [1.82, 2.24) is 14.9 Å². The van der Waals surface area contributed by atoms with Gasteiger partial charge in [0.2, 0.25) is 5.91 Å². The van der Waals surface area contributed by atoms with Gasteiger partial charge in [-0.15, -0.1) is 0 Å². The summed E-state index contributed by atoms with van der Waals surface area (Å²) in [5.41, 5.74) is 1.01. The number of piperidine rings is 1. The molecule has 0 spiro atoms. The first-order chi connectivity index (χ1) is 14.2. The number of hydrogen-bond acceptors (Lipinski definition) is 6. The van der Waals surface area contributed by atoms with Gasteiger partial charge >= 0.3 is 0 Å². The molecule has 2 saturated heterocycles. The van der Waals surface area contributed by atoms with Crippen molar-refractivity contribution >= 4 is 17.5 Å². The molecule has 29 heavy (non-hydrogen) atoms. The van der Waals surface area contributed by atoms with Crippen LogP contribution in [0.3, 0.4) is 0 Å². The van der Waals surface area contributed by atoms with Crippen LogP contribution >= 0.6 is 0 Å². The SMILES string of the molecule is COc1ccc(CC(=O)N2CCN(c3cc(N4CCCCC4)ncn3)CC2)cc1. The van der Waals surface area contributed by atoms with E-state index < -0.39 is 0 Å². The van der Waals surface area contributed by atoms with E-state index in [1.807, 2.05) is 29.2 Å². The normalized spacial score (nSPS) is 17.3. The summed E-state index contributed by atoms with van der Waals surface area (Å²) in [6, 6.07) is 9.80. The van der Waals surface area contributed by atoms with Crippen LogP contribution in [0.2, 0.25) is 0 Å². The van der Waals surface area contributed by atoms with Gasteiger partial charge in [0.25, 0.3) is 0 Å². The molecule has 0 N–H and O–H groups in total. The zero-order valence-electron chi connectivity index (χ0n) is 17.1. The second kappa shape index (κ2) is 9.11. The molecule has 3 heterocycles. The first kappa shape index (κ1) is 19.5. The van der Waals surface area contributed by atoms with E-state index in [-0.39, 0.29) is 5.91 Å². The lowest BCUT2D eigenvalue weighted by Gasteiger charge is -2.36. The molecule has 0 bridgehead atoms. The highest BCUT2D eigenvalue weighted by Crippen LogP contribution is 2.22. The monoisotopic (exact) mass is 395 g/mol. The Labute approximate surface area is 172 Å². The van der Waals surface area contributed by atoms with E-state index in [1.54, 1.807) is 13.4 Å². The molecule has 0 atom stereocenters. The van der Waals surface area contributed by atoms with Gasteiger partial charge in [0, 0.05) is 45.3 Å². The van der Waals surface area contributed by atoms with E-state index in [0.717, 1.165) is 62.2 Å². The second-order valence-corrected chi connectivity index (χ2v) is 7.67. The Bertz CT molecular complexity index is 812.